The van der Waals surface area contributed by atoms with Crippen molar-refractivity contribution in [2.45, 2.75) is 12.5 Å². The van der Waals surface area contributed by atoms with Crippen molar-refractivity contribution in [2.24, 2.45) is 5.16 Å². The van der Waals surface area contributed by atoms with E-state index in [0.29, 0.717) is 39.1 Å². The van der Waals surface area contributed by atoms with Gasteiger partial charge in [0.1, 0.15) is 0 Å². The number of benzene rings is 1. The van der Waals surface area contributed by atoms with Crippen LogP contribution in [0.5, 0.6) is 0 Å². The van der Waals surface area contributed by atoms with E-state index < -0.39 is 6.10 Å². The van der Waals surface area contributed by atoms with Crippen LogP contribution < -0.4 is 0 Å². The first-order valence-corrected chi connectivity index (χ1v) is 8.54. The molecule has 1 aromatic carbocycles. The molecule has 2 aliphatic rings. The highest BCUT2D eigenvalue weighted by molar-refractivity contribution is 6.04. The van der Waals surface area contributed by atoms with Gasteiger partial charge in [-0.3, -0.25) is 9.59 Å². The van der Waals surface area contributed by atoms with E-state index in [1.165, 1.54) is 0 Å². The summed E-state index contributed by atoms with van der Waals surface area (Å²) in [5.74, 6) is 0.0540. The number of likely N-dealkylation sites (N-methyl/N-ethyl adjacent to an activating group) is 1. The molecule has 0 aromatic heterocycles. The zero-order valence-corrected chi connectivity index (χ0v) is 14.7. The van der Waals surface area contributed by atoms with Crippen LogP contribution in [0.25, 0.3) is 0 Å². The second-order valence-corrected chi connectivity index (χ2v) is 6.65. The van der Waals surface area contributed by atoms with Gasteiger partial charge in [-0.05, 0) is 19.7 Å². The Labute approximate surface area is 147 Å². The molecule has 0 bridgehead atoms. The van der Waals surface area contributed by atoms with E-state index in [-0.39, 0.29) is 11.8 Å². The third-order valence-corrected chi connectivity index (χ3v) is 4.45. The molecule has 1 saturated heterocycles. The lowest BCUT2D eigenvalue weighted by Gasteiger charge is -2.35. The minimum absolute atomic E-state index is 0.0469. The van der Waals surface area contributed by atoms with Crippen molar-refractivity contribution in [2.75, 3.05) is 46.8 Å². The van der Waals surface area contributed by atoms with Gasteiger partial charge in [0.05, 0.1) is 12.3 Å². The van der Waals surface area contributed by atoms with Gasteiger partial charge in [0, 0.05) is 32.6 Å². The van der Waals surface area contributed by atoms with Gasteiger partial charge in [-0.2, -0.15) is 0 Å². The Bertz CT molecular complexity index is 652. The predicted molar refractivity (Wildman–Crippen MR) is 94.2 cm³/mol. The molecular weight excluding hydrogens is 320 g/mol. The highest BCUT2D eigenvalue weighted by atomic mass is 16.6. The van der Waals surface area contributed by atoms with E-state index in [1.54, 1.807) is 4.90 Å². The summed E-state index contributed by atoms with van der Waals surface area (Å²) in [6.07, 6.45) is -0.0676. The van der Waals surface area contributed by atoms with Crippen LogP contribution in [-0.4, -0.2) is 85.1 Å². The zero-order valence-electron chi connectivity index (χ0n) is 14.7. The Hall–Kier alpha value is -2.41. The number of hydrogen-bond donors (Lipinski definition) is 0. The number of rotatable bonds is 4. The fourth-order valence-electron chi connectivity index (χ4n) is 3.06. The van der Waals surface area contributed by atoms with Crippen LogP contribution in [0.15, 0.2) is 35.5 Å². The van der Waals surface area contributed by atoms with Gasteiger partial charge in [-0.15, -0.1) is 0 Å². The van der Waals surface area contributed by atoms with Gasteiger partial charge in [0.2, 0.25) is 12.0 Å². The predicted octanol–water partition coefficient (Wildman–Crippen LogP) is 0.412. The maximum Gasteiger partial charge on any atom is 0.267 e. The summed E-state index contributed by atoms with van der Waals surface area (Å²) in [6, 6.07) is 9.75. The summed E-state index contributed by atoms with van der Waals surface area (Å²) in [5, 5.41) is 4.08. The number of carbonyl (C=O) groups is 2. The summed E-state index contributed by atoms with van der Waals surface area (Å²) in [4.78, 5) is 35.5. The highest BCUT2D eigenvalue weighted by Crippen LogP contribution is 2.19. The van der Waals surface area contributed by atoms with Crippen LogP contribution in [0.4, 0.5) is 0 Å². The second kappa shape index (κ2) is 7.65. The minimum atomic E-state index is -0.556. The molecule has 2 heterocycles. The largest absolute Gasteiger partial charge is 0.382 e. The number of oxime groups is 1. The Balaban J connectivity index is 1.50. The SMILES string of the molecule is CN(C)CC(=O)N1CCN(C(=O)[C@H]2CC(c3ccccc3)=NO2)CC1. The molecule has 7 nitrogen and oxygen atoms in total. The zero-order chi connectivity index (χ0) is 17.8. The Morgan fingerprint density at radius 3 is 2.40 bits per heavy atom. The maximum absolute atomic E-state index is 12.6. The van der Waals surface area contributed by atoms with Crippen molar-refractivity contribution in [3.63, 3.8) is 0 Å². The lowest BCUT2D eigenvalue weighted by molar-refractivity contribution is -0.147. The fraction of sp³-hybridized carbons (Fsp3) is 0.500. The number of amides is 2. The number of carbonyl (C=O) groups excluding carboxylic acids is 2. The summed E-state index contributed by atoms with van der Waals surface area (Å²) < 4.78 is 0. The minimum Gasteiger partial charge on any atom is -0.382 e. The molecule has 3 rings (SSSR count). The molecule has 1 fully saturated rings. The summed E-state index contributed by atoms with van der Waals surface area (Å²) in [5.41, 5.74) is 1.79. The van der Waals surface area contributed by atoms with E-state index in [1.807, 2.05) is 54.2 Å². The molecule has 1 aromatic rings. The Morgan fingerprint density at radius 1 is 1.12 bits per heavy atom. The second-order valence-electron chi connectivity index (χ2n) is 6.65. The summed E-state index contributed by atoms with van der Waals surface area (Å²) in [6.45, 7) is 2.61. The summed E-state index contributed by atoms with van der Waals surface area (Å²) in [7, 11) is 3.75. The third kappa shape index (κ3) is 4.17. The van der Waals surface area contributed by atoms with Crippen LogP contribution >= 0.6 is 0 Å². The Kier molecular flexibility index (Phi) is 5.33. The van der Waals surface area contributed by atoms with Crippen molar-refractivity contribution >= 4 is 17.5 Å². The van der Waals surface area contributed by atoms with Crippen LogP contribution in [0.3, 0.4) is 0 Å². The number of piperazine rings is 1. The maximum atomic E-state index is 12.6. The van der Waals surface area contributed by atoms with E-state index >= 15 is 0 Å². The molecular formula is C18H24N4O3. The summed E-state index contributed by atoms with van der Waals surface area (Å²) >= 11 is 0. The quantitative estimate of drug-likeness (QED) is 0.794. The monoisotopic (exact) mass is 344 g/mol. The van der Waals surface area contributed by atoms with Crippen molar-refractivity contribution in [3.8, 4) is 0 Å². The molecule has 0 saturated carbocycles. The molecule has 0 aliphatic carbocycles. The van der Waals surface area contributed by atoms with Gasteiger partial charge in [-0.25, -0.2) is 0 Å². The normalized spacial score (nSPS) is 20.4. The van der Waals surface area contributed by atoms with Crippen LogP contribution in [-0.2, 0) is 14.4 Å². The number of nitrogens with zero attached hydrogens (tertiary/aromatic N) is 4. The van der Waals surface area contributed by atoms with E-state index in [4.69, 9.17) is 4.84 Å². The van der Waals surface area contributed by atoms with Crippen LogP contribution in [0.1, 0.15) is 12.0 Å². The highest BCUT2D eigenvalue weighted by Gasteiger charge is 2.34. The molecule has 1 atom stereocenters. The first-order chi connectivity index (χ1) is 12.0. The van der Waals surface area contributed by atoms with E-state index in [2.05, 4.69) is 5.16 Å². The molecule has 0 spiro atoms. The van der Waals surface area contributed by atoms with Crippen LogP contribution in [0.2, 0.25) is 0 Å². The van der Waals surface area contributed by atoms with Crippen molar-refractivity contribution in [1.29, 1.82) is 0 Å². The molecule has 25 heavy (non-hydrogen) atoms. The smallest absolute Gasteiger partial charge is 0.267 e. The van der Waals surface area contributed by atoms with Gasteiger partial charge in [0.15, 0.2) is 0 Å². The van der Waals surface area contributed by atoms with E-state index in [0.717, 1.165) is 11.3 Å². The van der Waals surface area contributed by atoms with Crippen molar-refractivity contribution in [3.05, 3.63) is 35.9 Å². The first-order valence-electron chi connectivity index (χ1n) is 8.54. The van der Waals surface area contributed by atoms with Gasteiger partial charge < -0.3 is 19.5 Å². The average Bonchev–Trinajstić information content (AvgIpc) is 3.11. The lowest BCUT2D eigenvalue weighted by atomic mass is 10.0. The molecule has 2 aliphatic heterocycles. The Morgan fingerprint density at radius 2 is 1.76 bits per heavy atom. The molecule has 2 amide bonds. The fourth-order valence-corrected chi connectivity index (χ4v) is 3.06. The van der Waals surface area contributed by atoms with Gasteiger partial charge in [0.25, 0.3) is 5.91 Å². The molecule has 7 heteroatoms. The third-order valence-electron chi connectivity index (χ3n) is 4.45. The van der Waals surface area contributed by atoms with Crippen LogP contribution in [0, 0.1) is 0 Å². The molecule has 0 unspecified atom stereocenters. The topological polar surface area (TPSA) is 65.5 Å². The van der Waals surface area contributed by atoms with Gasteiger partial charge >= 0.3 is 0 Å². The van der Waals surface area contributed by atoms with Crippen molar-refractivity contribution in [1.82, 2.24) is 14.7 Å². The van der Waals surface area contributed by atoms with Crippen molar-refractivity contribution < 1.29 is 14.4 Å². The molecule has 134 valence electrons. The molecule has 0 radical (unpaired) electrons. The van der Waals surface area contributed by atoms with E-state index in [9.17, 15) is 9.59 Å². The van der Waals surface area contributed by atoms with Gasteiger partial charge in [-0.1, -0.05) is 35.5 Å². The average molecular weight is 344 g/mol. The lowest BCUT2D eigenvalue weighted by Crippen LogP contribution is -2.54. The number of hydrogen-bond acceptors (Lipinski definition) is 5. The molecule has 0 N–H and O–H groups in total. The first kappa shape index (κ1) is 17.4. The standard InChI is InChI=1S/C18H24N4O3/c1-20(2)13-17(23)21-8-10-22(11-9-21)18(24)16-12-15(19-25-16)14-6-4-3-5-7-14/h3-7,16H,8-13H2,1-2H3/t16-/m1/s1.